The van der Waals surface area contributed by atoms with E-state index in [-0.39, 0.29) is 16.8 Å². The molecule has 7 nitrogen and oxygen atoms in total. The quantitative estimate of drug-likeness (QED) is 0.143. The topological polar surface area (TPSA) is 33.9 Å². The molecule has 450 valence electrons. The van der Waals surface area contributed by atoms with Gasteiger partial charge in [0.1, 0.15) is 0 Å². The summed E-state index contributed by atoms with van der Waals surface area (Å²) in [5, 5.41) is 12.9. The summed E-state index contributed by atoms with van der Waals surface area (Å²) >= 11 is 0. The number of para-hydroxylation sites is 8. The maximum atomic E-state index is 15.6. The van der Waals surface area contributed by atoms with Gasteiger partial charge in [-0.3, -0.25) is 0 Å². The van der Waals surface area contributed by atoms with Crippen molar-refractivity contribution in [2.24, 2.45) is 0 Å². The van der Waals surface area contributed by atoms with Crippen LogP contribution in [0.15, 0.2) is 303 Å². The fourth-order valence-corrected chi connectivity index (χ4v) is 16.1. The molecule has 0 bridgehead atoms. The van der Waals surface area contributed by atoms with Crippen LogP contribution in [-0.4, -0.2) is 27.4 Å². The van der Waals surface area contributed by atoms with E-state index >= 15 is 13.2 Å². The predicted octanol–water partition coefficient (Wildman–Crippen LogP) is 23.5. The molecule has 10 heteroatoms. The van der Waals surface area contributed by atoms with E-state index in [1.165, 1.54) is 12.1 Å². The highest BCUT2D eigenvalue weighted by atomic mass is 19.4. The number of hydrogen-bond acceptors (Lipinski definition) is 0. The molecule has 0 fully saturated rings. The molecule has 0 aliphatic heterocycles. The molecule has 6 aromatic heterocycles. The van der Waals surface area contributed by atoms with Crippen LogP contribution in [0.1, 0.15) is 5.56 Å². The van der Waals surface area contributed by atoms with Gasteiger partial charge in [0, 0.05) is 87.4 Å². The Kier molecular flexibility index (Phi) is 11.3. The first-order chi connectivity index (χ1) is 47.3. The van der Waals surface area contributed by atoms with Crippen LogP contribution in [0.4, 0.5) is 18.9 Å². The first-order valence-electron chi connectivity index (χ1n) is 32.1. The van der Waals surface area contributed by atoms with E-state index in [0.29, 0.717) is 11.4 Å². The second kappa shape index (κ2) is 20.1. The molecule has 0 atom stereocenters. The third-order valence-electron chi connectivity index (χ3n) is 20.0. The fraction of sp³-hybridized carbons (Fsp3) is 0.0116. The van der Waals surface area contributed by atoms with Gasteiger partial charge in [0.2, 0.25) is 0 Å². The van der Waals surface area contributed by atoms with Gasteiger partial charge in [0.15, 0.2) is 5.69 Å². The smallest absolute Gasteiger partial charge is 0.309 e. The van der Waals surface area contributed by atoms with Crippen LogP contribution in [0, 0.1) is 6.57 Å². The summed E-state index contributed by atoms with van der Waals surface area (Å²) in [7, 11) is 0. The summed E-state index contributed by atoms with van der Waals surface area (Å²) in [4.78, 5) is 4.19. The van der Waals surface area contributed by atoms with Gasteiger partial charge in [0.25, 0.3) is 0 Å². The normalized spacial score (nSPS) is 12.3. The number of rotatable bonds is 7. The largest absolute Gasteiger partial charge is 0.416 e. The molecule has 0 spiro atoms. The first-order valence-corrected chi connectivity index (χ1v) is 32.1. The third kappa shape index (κ3) is 7.59. The summed E-state index contributed by atoms with van der Waals surface area (Å²) in [5.74, 6) is 0. The van der Waals surface area contributed by atoms with Gasteiger partial charge in [-0.2, -0.15) is 13.2 Å². The number of alkyl halides is 3. The number of hydrogen-bond donors (Lipinski definition) is 0. The highest BCUT2D eigenvalue weighted by molar-refractivity contribution is 6.17. The Morgan fingerprint density at radius 1 is 0.229 bits per heavy atom. The van der Waals surface area contributed by atoms with Crippen molar-refractivity contribution in [1.29, 1.82) is 0 Å². The Labute approximate surface area is 545 Å². The zero-order valence-electron chi connectivity index (χ0n) is 51.1. The predicted molar refractivity (Wildman–Crippen MR) is 389 cm³/mol. The van der Waals surface area contributed by atoms with E-state index in [1.54, 1.807) is 6.07 Å². The van der Waals surface area contributed by atoms with Crippen molar-refractivity contribution in [3.8, 4) is 45.3 Å². The Hall–Kier alpha value is -12.8. The van der Waals surface area contributed by atoms with Gasteiger partial charge in [0.05, 0.1) is 89.7 Å². The molecule has 0 amide bonds. The number of nitrogens with zero attached hydrogens (tertiary/aromatic N) is 7. The molecule has 0 unspecified atom stereocenters. The second-order valence-corrected chi connectivity index (χ2v) is 25.0. The van der Waals surface area contributed by atoms with Gasteiger partial charge < -0.3 is 27.4 Å². The van der Waals surface area contributed by atoms with Crippen LogP contribution in [0.2, 0.25) is 0 Å². The SMILES string of the molecule is [C-]#[N+]c1cc(-n2c3ccc(-n4c5ccccc5c5ccccc54)cc3c3cc(-n4c5ccccc5c5ccccc54)ccc32)c(-n2c3ccc(-n4c5ccccc5c5ccccc54)cc3c3cc(-n4c5ccccc5c5ccccc54)ccc32)cc1-c1ccccc1C(F)(F)F. The van der Waals surface area contributed by atoms with Gasteiger partial charge in [-0.1, -0.05) is 164 Å². The van der Waals surface area contributed by atoms with Crippen molar-refractivity contribution in [3.05, 3.63) is 320 Å². The Morgan fingerprint density at radius 3 is 0.740 bits per heavy atom. The van der Waals surface area contributed by atoms with E-state index in [2.05, 4.69) is 299 Å². The molecule has 20 aromatic rings. The van der Waals surface area contributed by atoms with E-state index in [0.717, 1.165) is 160 Å². The molecule has 96 heavy (non-hydrogen) atoms. The lowest BCUT2D eigenvalue weighted by Crippen LogP contribution is -2.08. The molecular weight excluding hydrogens is 1190 g/mol. The zero-order chi connectivity index (χ0) is 63.7. The standard InChI is InChI=1S/C86H50F3N7/c1-90-71-51-85(96-82-44-40-54(93-76-34-16-7-25-61(76)62-26-8-17-35-77(62)93)48-68(82)69-49-55(41-45-83(69)96)94-78-36-18-9-27-63(78)64-28-10-19-37-79(64)94)84(50-65(71)56-20-2-11-29-70(56)86(87,88)89)95-80-42-38-52(91-72-30-12-3-21-57(72)58-22-4-13-31-73(58)91)46-66(80)67-47-53(39-43-81(67)95)92-74-32-14-5-23-59(74)60-24-6-15-33-75(60)92/h2-51H. The van der Waals surface area contributed by atoms with Crippen LogP contribution >= 0.6 is 0 Å². The molecule has 20 rings (SSSR count). The monoisotopic (exact) mass is 1240 g/mol. The van der Waals surface area contributed by atoms with E-state index in [9.17, 15) is 0 Å². The molecule has 0 aliphatic carbocycles. The highest BCUT2D eigenvalue weighted by Gasteiger charge is 2.35. The van der Waals surface area contributed by atoms with Crippen molar-refractivity contribution in [1.82, 2.24) is 27.4 Å². The molecule has 6 heterocycles. The number of benzene rings is 14. The molecule has 0 N–H and O–H groups in total. The number of halogens is 3. The minimum atomic E-state index is -4.73. The van der Waals surface area contributed by atoms with Gasteiger partial charge in [-0.15, -0.1) is 0 Å². The van der Waals surface area contributed by atoms with Gasteiger partial charge >= 0.3 is 6.18 Å². The summed E-state index contributed by atoms with van der Waals surface area (Å²) in [6.45, 7) is 9.03. The molecule has 0 saturated carbocycles. The average Bonchev–Trinajstić information content (AvgIpc) is 1.57. The van der Waals surface area contributed by atoms with Crippen molar-refractivity contribution >= 4 is 137 Å². The molecular formula is C86H50F3N7. The van der Waals surface area contributed by atoms with Crippen LogP contribution in [0.25, 0.3) is 181 Å². The lowest BCUT2D eigenvalue weighted by Gasteiger charge is -2.21. The zero-order valence-corrected chi connectivity index (χ0v) is 51.1. The summed E-state index contributed by atoms with van der Waals surface area (Å²) in [6, 6.07) is 104. The van der Waals surface area contributed by atoms with Crippen molar-refractivity contribution in [3.63, 3.8) is 0 Å². The average molecular weight is 1240 g/mol. The Bertz CT molecular complexity index is 6240. The Balaban J connectivity index is 0.924. The number of fused-ring (bicyclic) bond motifs is 18. The number of aromatic nitrogens is 6. The molecule has 0 saturated heterocycles. The van der Waals surface area contributed by atoms with Crippen molar-refractivity contribution < 1.29 is 13.2 Å². The molecule has 0 aliphatic rings. The van der Waals surface area contributed by atoms with Crippen LogP contribution in [0.5, 0.6) is 0 Å². The van der Waals surface area contributed by atoms with E-state index < -0.39 is 11.7 Å². The van der Waals surface area contributed by atoms with Crippen LogP contribution < -0.4 is 0 Å². The van der Waals surface area contributed by atoms with Gasteiger partial charge in [-0.05, 0) is 151 Å². The lowest BCUT2D eigenvalue weighted by molar-refractivity contribution is -0.137. The van der Waals surface area contributed by atoms with Crippen molar-refractivity contribution in [2.75, 3.05) is 0 Å². The van der Waals surface area contributed by atoms with E-state index in [4.69, 9.17) is 6.57 Å². The van der Waals surface area contributed by atoms with Gasteiger partial charge in [-0.25, -0.2) is 4.85 Å². The lowest BCUT2D eigenvalue weighted by atomic mass is 9.96. The Morgan fingerprint density at radius 2 is 0.469 bits per heavy atom. The highest BCUT2D eigenvalue weighted by Crippen LogP contribution is 2.49. The molecule has 14 aromatic carbocycles. The van der Waals surface area contributed by atoms with Crippen LogP contribution in [0.3, 0.4) is 0 Å². The summed E-state index contributed by atoms with van der Waals surface area (Å²) < 4.78 is 60.7. The minimum Gasteiger partial charge on any atom is -0.309 e. The first kappa shape index (κ1) is 53.8. The fourth-order valence-electron chi connectivity index (χ4n) is 16.1. The maximum Gasteiger partial charge on any atom is 0.416 e. The van der Waals surface area contributed by atoms with Crippen LogP contribution in [-0.2, 0) is 6.18 Å². The molecule has 0 radical (unpaired) electrons. The summed E-state index contributed by atoms with van der Waals surface area (Å²) in [5.41, 5.74) is 16.2. The second-order valence-electron chi connectivity index (χ2n) is 25.0. The minimum absolute atomic E-state index is 0.0762. The maximum absolute atomic E-state index is 15.6. The third-order valence-corrected chi connectivity index (χ3v) is 20.0. The van der Waals surface area contributed by atoms with E-state index in [1.807, 2.05) is 12.1 Å². The van der Waals surface area contributed by atoms with Crippen molar-refractivity contribution in [2.45, 2.75) is 6.18 Å². The summed E-state index contributed by atoms with van der Waals surface area (Å²) in [6.07, 6.45) is -4.73.